The van der Waals surface area contributed by atoms with E-state index in [9.17, 15) is 22.4 Å². The summed E-state index contributed by atoms with van der Waals surface area (Å²) in [5.74, 6) is -5.73. The van der Waals surface area contributed by atoms with Crippen LogP contribution in [0.25, 0.3) is 0 Å². The van der Waals surface area contributed by atoms with E-state index in [4.69, 9.17) is 11.5 Å². The van der Waals surface area contributed by atoms with Crippen molar-refractivity contribution < 1.29 is 22.4 Å². The molecule has 0 aliphatic carbocycles. The fourth-order valence-electron chi connectivity index (χ4n) is 1.93. The average molecular weight is 397 g/mol. The molecule has 6 N–H and O–H groups in total. The average Bonchev–Trinajstić information content (AvgIpc) is 2.66. The molecule has 1 amide bonds. The van der Waals surface area contributed by atoms with E-state index in [2.05, 4.69) is 25.6 Å². The third kappa shape index (κ3) is 5.40. The van der Waals surface area contributed by atoms with Crippen molar-refractivity contribution in [2.45, 2.75) is 6.54 Å². The maximum Gasteiger partial charge on any atom is 0.239 e. The molecule has 28 heavy (non-hydrogen) atoms. The largest absolute Gasteiger partial charge is 0.403 e. The van der Waals surface area contributed by atoms with Crippen molar-refractivity contribution in [1.29, 1.82) is 0 Å². The summed E-state index contributed by atoms with van der Waals surface area (Å²) < 4.78 is 54.4. The van der Waals surface area contributed by atoms with Gasteiger partial charge in [-0.05, 0) is 12.1 Å². The van der Waals surface area contributed by atoms with Gasteiger partial charge in [0.2, 0.25) is 11.9 Å². The van der Waals surface area contributed by atoms with Gasteiger partial charge in [-0.1, -0.05) is 0 Å². The normalized spacial score (nSPS) is 11.6. The highest BCUT2D eigenvalue weighted by molar-refractivity contribution is 5.85. The minimum atomic E-state index is -1.39. The molecule has 0 radical (unpaired) electrons. The maximum atomic E-state index is 13.9. The number of aromatic nitrogens is 2. The van der Waals surface area contributed by atoms with E-state index < -0.39 is 47.1 Å². The Hall–Kier alpha value is -3.70. The predicted octanol–water partition coefficient (Wildman–Crippen LogP) is 1.41. The summed E-state index contributed by atoms with van der Waals surface area (Å²) in [6, 6.07) is 1.39. The van der Waals surface area contributed by atoms with E-state index >= 15 is 0 Å². The number of hydrogen-bond donors (Lipinski definition) is 4. The van der Waals surface area contributed by atoms with Gasteiger partial charge in [-0.15, -0.1) is 0 Å². The van der Waals surface area contributed by atoms with Crippen LogP contribution in [-0.4, -0.2) is 28.6 Å². The summed E-state index contributed by atoms with van der Waals surface area (Å²) in [4.78, 5) is 21.8. The molecule has 0 unspecified atom stereocenters. The number of nitrogens with one attached hydrogen (secondary N) is 2. The van der Waals surface area contributed by atoms with Crippen LogP contribution < -0.4 is 22.1 Å². The fourth-order valence-corrected chi connectivity index (χ4v) is 1.93. The fraction of sp³-hybridized carbons (Fsp3) is 0.125. The molecule has 0 bridgehead atoms. The second kappa shape index (κ2) is 9.30. The zero-order chi connectivity index (χ0) is 20.7. The van der Waals surface area contributed by atoms with Crippen LogP contribution in [-0.2, 0) is 11.3 Å². The minimum Gasteiger partial charge on any atom is -0.403 e. The Bertz CT molecular complexity index is 933. The number of carbonyl (C=O) groups is 1. The van der Waals surface area contributed by atoms with Crippen LogP contribution in [0.5, 0.6) is 0 Å². The number of primary amides is 1. The number of rotatable bonds is 8. The zero-order valence-corrected chi connectivity index (χ0v) is 14.2. The summed E-state index contributed by atoms with van der Waals surface area (Å²) in [5, 5.41) is 4.97. The van der Waals surface area contributed by atoms with E-state index in [1.807, 2.05) is 0 Å². The maximum absolute atomic E-state index is 13.9. The van der Waals surface area contributed by atoms with Gasteiger partial charge in [0.15, 0.2) is 23.3 Å². The van der Waals surface area contributed by atoms with Gasteiger partial charge in [0.05, 0.1) is 11.9 Å². The van der Waals surface area contributed by atoms with Gasteiger partial charge < -0.3 is 22.1 Å². The van der Waals surface area contributed by atoms with Crippen molar-refractivity contribution >= 4 is 23.9 Å². The van der Waals surface area contributed by atoms with E-state index in [1.54, 1.807) is 0 Å². The van der Waals surface area contributed by atoms with Crippen molar-refractivity contribution in [3.8, 4) is 0 Å². The molecule has 148 valence electrons. The second-order valence-electron chi connectivity index (χ2n) is 5.25. The summed E-state index contributed by atoms with van der Waals surface area (Å²) >= 11 is 0. The van der Waals surface area contributed by atoms with Gasteiger partial charge in [-0.2, -0.15) is 4.98 Å². The number of amides is 1. The topological polar surface area (TPSA) is 131 Å². The number of anilines is 2. The van der Waals surface area contributed by atoms with E-state index in [1.165, 1.54) is 6.21 Å². The number of hydrogen-bond acceptors (Lipinski definition) is 7. The Morgan fingerprint density at radius 2 is 1.89 bits per heavy atom. The second-order valence-corrected chi connectivity index (χ2v) is 5.25. The molecular weight excluding hydrogens is 382 g/mol. The number of aliphatic imine (C=N–C) groups is 1. The molecule has 2 rings (SSSR count). The molecule has 1 aromatic heterocycles. The third-order valence-corrected chi connectivity index (χ3v) is 3.23. The first-order valence-corrected chi connectivity index (χ1v) is 7.67. The quantitative estimate of drug-likeness (QED) is 0.303. The molecule has 12 heteroatoms. The van der Waals surface area contributed by atoms with Crippen molar-refractivity contribution in [2.24, 2.45) is 16.5 Å². The number of allylic oxidation sites excluding steroid dienone is 1. The lowest BCUT2D eigenvalue weighted by Gasteiger charge is -2.11. The molecule has 0 atom stereocenters. The molecule has 0 saturated carbocycles. The molecule has 0 aliphatic rings. The Morgan fingerprint density at radius 1 is 1.18 bits per heavy atom. The first-order chi connectivity index (χ1) is 13.3. The highest BCUT2D eigenvalue weighted by atomic mass is 19.2. The van der Waals surface area contributed by atoms with Gasteiger partial charge in [0, 0.05) is 24.5 Å². The van der Waals surface area contributed by atoms with Crippen LogP contribution in [0.4, 0.5) is 29.3 Å². The molecule has 0 spiro atoms. The standard InChI is InChI=1S/C16H15F4N7O/c17-10-1-2-11(18)14(20)9(10)5-24-15-12(19)6-25-16(27-15)26-8(3-21)4-23-7-13(22)28/h1-4,6H,5,7,21H2,(H2,22,28)(H2,24,25,26,27). The zero-order valence-electron chi connectivity index (χ0n) is 14.2. The molecule has 0 saturated heterocycles. The van der Waals surface area contributed by atoms with Gasteiger partial charge in [-0.25, -0.2) is 22.5 Å². The summed E-state index contributed by atoms with van der Waals surface area (Å²) in [7, 11) is 0. The monoisotopic (exact) mass is 397 g/mol. The lowest BCUT2D eigenvalue weighted by molar-refractivity contribution is -0.116. The smallest absolute Gasteiger partial charge is 0.239 e. The van der Waals surface area contributed by atoms with Gasteiger partial charge in [0.25, 0.3) is 0 Å². The number of nitrogens with two attached hydrogens (primary N) is 2. The first-order valence-electron chi connectivity index (χ1n) is 7.67. The highest BCUT2D eigenvalue weighted by Gasteiger charge is 2.15. The molecule has 8 nitrogen and oxygen atoms in total. The first kappa shape index (κ1) is 20.6. The molecule has 1 heterocycles. The van der Waals surface area contributed by atoms with Crippen molar-refractivity contribution in [3.05, 3.63) is 59.1 Å². The van der Waals surface area contributed by atoms with Gasteiger partial charge in [-0.3, -0.25) is 9.79 Å². The molecular formula is C16H15F4N7O. The van der Waals surface area contributed by atoms with Crippen LogP contribution in [0.2, 0.25) is 0 Å². The van der Waals surface area contributed by atoms with Crippen molar-refractivity contribution in [3.63, 3.8) is 0 Å². The van der Waals surface area contributed by atoms with Crippen LogP contribution in [0, 0.1) is 23.3 Å². The SMILES string of the molecule is NC=C(C=NCC(N)=O)Nc1ncc(F)c(NCc2c(F)ccc(F)c2F)n1. The van der Waals surface area contributed by atoms with Crippen LogP contribution in [0.1, 0.15) is 5.56 Å². The Morgan fingerprint density at radius 3 is 2.57 bits per heavy atom. The lowest BCUT2D eigenvalue weighted by atomic mass is 10.2. The Labute approximate surface area is 156 Å². The van der Waals surface area contributed by atoms with Gasteiger partial charge in [0.1, 0.15) is 12.4 Å². The van der Waals surface area contributed by atoms with Crippen molar-refractivity contribution in [2.75, 3.05) is 17.2 Å². The summed E-state index contributed by atoms with van der Waals surface area (Å²) in [5.41, 5.74) is 9.89. The lowest BCUT2D eigenvalue weighted by Crippen LogP contribution is -2.15. The van der Waals surface area contributed by atoms with E-state index in [0.29, 0.717) is 6.07 Å². The molecule has 0 fully saturated rings. The molecule has 0 aliphatic heterocycles. The molecule has 2 aromatic rings. The van der Waals surface area contributed by atoms with E-state index in [0.717, 1.165) is 18.5 Å². The van der Waals surface area contributed by atoms with E-state index in [-0.39, 0.29) is 18.2 Å². The molecule has 1 aromatic carbocycles. The highest BCUT2D eigenvalue weighted by Crippen LogP contribution is 2.19. The number of nitrogens with zero attached hydrogens (tertiary/aromatic N) is 3. The van der Waals surface area contributed by atoms with Crippen LogP contribution in [0.15, 0.2) is 35.2 Å². The van der Waals surface area contributed by atoms with Crippen LogP contribution >= 0.6 is 0 Å². The Kier molecular flexibility index (Phi) is 6.84. The predicted molar refractivity (Wildman–Crippen MR) is 94.1 cm³/mol. The Balaban J connectivity index is 2.14. The number of benzene rings is 1. The minimum absolute atomic E-state index is 0.133. The number of halogens is 4. The third-order valence-electron chi connectivity index (χ3n) is 3.23. The summed E-state index contributed by atoms with van der Waals surface area (Å²) in [6.07, 6.45) is 3.06. The number of carbonyl (C=O) groups excluding carboxylic acids is 1. The van der Waals surface area contributed by atoms with Gasteiger partial charge >= 0.3 is 0 Å². The van der Waals surface area contributed by atoms with Crippen molar-refractivity contribution in [1.82, 2.24) is 9.97 Å². The van der Waals surface area contributed by atoms with Crippen LogP contribution in [0.3, 0.4) is 0 Å². The summed E-state index contributed by atoms with van der Waals surface area (Å²) in [6.45, 7) is -0.844.